The second-order valence-corrected chi connectivity index (χ2v) is 5.97. The van der Waals surface area contributed by atoms with Gasteiger partial charge in [0.05, 0.1) is 18.6 Å². The quantitative estimate of drug-likeness (QED) is 0.726. The molecule has 0 N–H and O–H groups in total. The molecule has 0 bridgehead atoms. The zero-order valence-corrected chi connectivity index (χ0v) is 13.3. The summed E-state index contributed by atoms with van der Waals surface area (Å²) in [5, 5.41) is 1.18. The minimum atomic E-state index is 0.246. The molecule has 1 fully saturated rings. The van der Waals surface area contributed by atoms with Crippen LogP contribution in [0.25, 0.3) is 10.9 Å². The highest BCUT2D eigenvalue weighted by Crippen LogP contribution is 2.26. The van der Waals surface area contributed by atoms with Gasteiger partial charge in [0.15, 0.2) is 0 Å². The van der Waals surface area contributed by atoms with Crippen molar-refractivity contribution in [3.05, 3.63) is 66.2 Å². The molecule has 3 heteroatoms. The van der Waals surface area contributed by atoms with E-state index in [1.807, 2.05) is 18.2 Å². The van der Waals surface area contributed by atoms with E-state index in [0.29, 0.717) is 0 Å². The van der Waals surface area contributed by atoms with Gasteiger partial charge in [-0.15, -0.1) is 0 Å². The lowest BCUT2D eigenvalue weighted by molar-refractivity contribution is 0.165. The largest absolute Gasteiger partial charge is 0.486 e. The maximum Gasteiger partial charge on any atom is 0.134 e. The van der Waals surface area contributed by atoms with E-state index < -0.39 is 0 Å². The third-order valence-corrected chi connectivity index (χ3v) is 4.40. The van der Waals surface area contributed by atoms with Gasteiger partial charge in [-0.2, -0.15) is 0 Å². The van der Waals surface area contributed by atoms with Crippen LogP contribution in [0.1, 0.15) is 12.5 Å². The van der Waals surface area contributed by atoms with Crippen LogP contribution in [0, 0.1) is 0 Å². The number of pyridine rings is 1. The van der Waals surface area contributed by atoms with Gasteiger partial charge in [0.25, 0.3) is 0 Å². The Morgan fingerprint density at radius 2 is 1.78 bits per heavy atom. The van der Waals surface area contributed by atoms with Crippen LogP contribution in [0.5, 0.6) is 5.75 Å². The molecule has 3 nitrogen and oxygen atoms in total. The highest BCUT2D eigenvalue weighted by atomic mass is 16.5. The first kappa shape index (κ1) is 14.1. The third kappa shape index (κ3) is 2.74. The number of aromatic nitrogens is 1. The fraction of sp³-hybridized carbons (Fsp3) is 0.250. The van der Waals surface area contributed by atoms with Crippen LogP contribution >= 0.6 is 0 Å². The summed E-state index contributed by atoms with van der Waals surface area (Å²) < 4.78 is 6.14. The number of para-hydroxylation sites is 2. The zero-order valence-electron chi connectivity index (χ0n) is 13.3. The molecule has 0 atom stereocenters. The molecule has 1 saturated heterocycles. The predicted molar refractivity (Wildman–Crippen MR) is 94.2 cm³/mol. The van der Waals surface area contributed by atoms with E-state index in [2.05, 4.69) is 54.3 Å². The van der Waals surface area contributed by atoms with Gasteiger partial charge in [-0.3, -0.25) is 0 Å². The maximum atomic E-state index is 6.14. The fourth-order valence-electron chi connectivity index (χ4n) is 3.02. The summed E-state index contributed by atoms with van der Waals surface area (Å²) in [4.78, 5) is 7.01. The lowest BCUT2D eigenvalue weighted by atomic mass is 10.1. The Morgan fingerprint density at radius 1 is 1.00 bits per heavy atom. The average molecular weight is 304 g/mol. The first-order valence-corrected chi connectivity index (χ1v) is 8.19. The number of anilines is 1. The number of hydrogen-bond acceptors (Lipinski definition) is 3. The van der Waals surface area contributed by atoms with Crippen LogP contribution < -0.4 is 9.64 Å². The molecule has 1 aliphatic heterocycles. The van der Waals surface area contributed by atoms with Gasteiger partial charge in [0.2, 0.25) is 0 Å². The summed E-state index contributed by atoms with van der Waals surface area (Å²) in [5.41, 5.74) is 2.32. The molecule has 0 aliphatic carbocycles. The molecule has 4 rings (SSSR count). The fourth-order valence-corrected chi connectivity index (χ4v) is 3.02. The molecule has 1 aliphatic rings. The van der Waals surface area contributed by atoms with Crippen molar-refractivity contribution in [3.63, 3.8) is 0 Å². The van der Waals surface area contributed by atoms with E-state index in [1.165, 1.54) is 10.9 Å². The van der Waals surface area contributed by atoms with E-state index in [4.69, 9.17) is 9.72 Å². The Morgan fingerprint density at radius 3 is 2.65 bits per heavy atom. The Hall–Kier alpha value is -2.55. The monoisotopic (exact) mass is 304 g/mol. The van der Waals surface area contributed by atoms with Gasteiger partial charge in [-0.1, -0.05) is 43.3 Å². The second-order valence-electron chi connectivity index (χ2n) is 5.97. The molecule has 0 radical (unpaired) electrons. The summed E-state index contributed by atoms with van der Waals surface area (Å²) in [6, 6.07) is 20.8. The van der Waals surface area contributed by atoms with Crippen molar-refractivity contribution in [2.75, 3.05) is 18.0 Å². The van der Waals surface area contributed by atoms with Crippen molar-refractivity contribution in [3.8, 4) is 5.75 Å². The highest BCUT2D eigenvalue weighted by molar-refractivity contribution is 5.80. The van der Waals surface area contributed by atoms with Gasteiger partial charge in [0.1, 0.15) is 17.7 Å². The molecule has 0 saturated carbocycles. The van der Waals surface area contributed by atoms with Crippen molar-refractivity contribution < 1.29 is 4.74 Å². The summed E-state index contributed by atoms with van der Waals surface area (Å²) in [6.45, 7) is 3.95. The maximum absolute atomic E-state index is 6.14. The Balaban J connectivity index is 1.44. The Kier molecular flexibility index (Phi) is 3.62. The number of benzene rings is 2. The van der Waals surface area contributed by atoms with E-state index in [0.717, 1.165) is 36.6 Å². The van der Waals surface area contributed by atoms with Crippen molar-refractivity contribution in [1.82, 2.24) is 4.98 Å². The van der Waals surface area contributed by atoms with Gasteiger partial charge < -0.3 is 9.64 Å². The first-order chi connectivity index (χ1) is 11.3. The number of rotatable bonds is 4. The van der Waals surface area contributed by atoms with E-state index in [-0.39, 0.29) is 6.10 Å². The van der Waals surface area contributed by atoms with Gasteiger partial charge in [-0.25, -0.2) is 4.98 Å². The van der Waals surface area contributed by atoms with Crippen LogP contribution in [-0.4, -0.2) is 24.2 Å². The lowest BCUT2D eigenvalue weighted by Gasteiger charge is -2.40. The Bertz CT molecular complexity index is 824. The Labute approximate surface area is 136 Å². The molecule has 0 amide bonds. The average Bonchev–Trinajstić information content (AvgIpc) is 2.57. The van der Waals surface area contributed by atoms with Crippen molar-refractivity contribution >= 4 is 16.7 Å². The van der Waals surface area contributed by atoms with Crippen LogP contribution in [0.4, 0.5) is 5.82 Å². The minimum Gasteiger partial charge on any atom is -0.486 e. The smallest absolute Gasteiger partial charge is 0.134 e. The topological polar surface area (TPSA) is 25.4 Å². The first-order valence-electron chi connectivity index (χ1n) is 8.19. The minimum absolute atomic E-state index is 0.246. The number of nitrogens with zero attached hydrogens (tertiary/aromatic N) is 2. The van der Waals surface area contributed by atoms with Gasteiger partial charge in [0, 0.05) is 5.39 Å². The summed E-state index contributed by atoms with van der Waals surface area (Å²) in [5.74, 6) is 2.05. The van der Waals surface area contributed by atoms with Crippen LogP contribution in [0.2, 0.25) is 0 Å². The van der Waals surface area contributed by atoms with Crippen LogP contribution in [0.15, 0.2) is 60.7 Å². The van der Waals surface area contributed by atoms with Crippen LogP contribution in [-0.2, 0) is 6.42 Å². The molecule has 2 heterocycles. The molecular formula is C20H20N2O. The number of ether oxygens (including phenoxy) is 1. The zero-order chi connectivity index (χ0) is 15.6. The molecule has 0 spiro atoms. The van der Waals surface area contributed by atoms with E-state index in [1.54, 1.807) is 0 Å². The van der Waals surface area contributed by atoms with Crippen molar-refractivity contribution in [1.29, 1.82) is 0 Å². The van der Waals surface area contributed by atoms with Crippen molar-refractivity contribution in [2.45, 2.75) is 19.4 Å². The third-order valence-electron chi connectivity index (χ3n) is 4.40. The lowest BCUT2D eigenvalue weighted by Crippen LogP contribution is -2.54. The number of aryl methyl sites for hydroxylation is 1. The van der Waals surface area contributed by atoms with Gasteiger partial charge in [-0.05, 0) is 36.2 Å². The summed E-state index contributed by atoms with van der Waals surface area (Å²) in [7, 11) is 0. The number of fused-ring (bicyclic) bond motifs is 1. The van der Waals surface area contributed by atoms with Crippen molar-refractivity contribution in [2.24, 2.45) is 0 Å². The summed E-state index contributed by atoms with van der Waals surface area (Å²) in [6.07, 6.45) is 1.25. The molecule has 116 valence electrons. The molecule has 0 unspecified atom stereocenters. The number of hydrogen-bond donors (Lipinski definition) is 0. The molecule has 23 heavy (non-hydrogen) atoms. The van der Waals surface area contributed by atoms with E-state index >= 15 is 0 Å². The highest BCUT2D eigenvalue weighted by Gasteiger charge is 2.29. The van der Waals surface area contributed by atoms with E-state index in [9.17, 15) is 0 Å². The summed E-state index contributed by atoms with van der Waals surface area (Å²) >= 11 is 0. The molecule has 3 aromatic rings. The van der Waals surface area contributed by atoms with Crippen LogP contribution in [0.3, 0.4) is 0 Å². The second kappa shape index (κ2) is 5.92. The SMILES string of the molecule is CCc1ccccc1OC1CN(c2ccc3ccccc3n2)C1. The van der Waals surface area contributed by atoms with Gasteiger partial charge >= 0.3 is 0 Å². The predicted octanol–water partition coefficient (Wildman–Crippen LogP) is 4.06. The molecule has 1 aromatic heterocycles. The standard InChI is InChI=1S/C20H20N2O/c1-2-15-7-4-6-10-19(15)23-17-13-22(14-17)20-12-11-16-8-3-5-9-18(16)21-20/h3-12,17H,2,13-14H2,1H3. The normalized spacial score (nSPS) is 14.7. The molecule has 2 aromatic carbocycles. The molecular weight excluding hydrogens is 284 g/mol.